The number of nitrogens with zero attached hydrogens (tertiary/aromatic N) is 1. The Kier molecular flexibility index (Phi) is 3.20. The Morgan fingerprint density at radius 1 is 1.55 bits per heavy atom. The van der Waals surface area contributed by atoms with Crippen LogP contribution in [-0.2, 0) is 4.79 Å². The Labute approximate surface area is 81.3 Å². The summed E-state index contributed by atoms with van der Waals surface area (Å²) >= 11 is 6.45. The molecule has 0 aliphatic rings. The second-order valence-corrected chi connectivity index (χ2v) is 3.88. The van der Waals surface area contributed by atoms with Gasteiger partial charge in [0, 0.05) is 16.9 Å². The molecule has 1 rings (SSSR count). The number of carbonyl (C=O) groups is 1. The lowest BCUT2D eigenvalue weighted by atomic mass is 10.2. The van der Waals surface area contributed by atoms with Gasteiger partial charge < -0.3 is 4.79 Å². The van der Waals surface area contributed by atoms with Crippen molar-refractivity contribution in [3.8, 4) is 0 Å². The lowest BCUT2D eigenvalue weighted by molar-refractivity contribution is -0.107. The quantitative estimate of drug-likeness (QED) is 0.615. The Morgan fingerprint density at radius 3 is 2.82 bits per heavy atom. The molecule has 1 aromatic rings. The van der Waals surface area contributed by atoms with Gasteiger partial charge >= 0.3 is 0 Å². The van der Waals surface area contributed by atoms with Crippen molar-refractivity contribution in [1.82, 2.24) is 4.98 Å². The summed E-state index contributed by atoms with van der Waals surface area (Å²) in [5.74, 6) is 0. The molecule has 0 spiro atoms. The van der Waals surface area contributed by atoms with Gasteiger partial charge in [-0.15, -0.1) is 0 Å². The summed E-state index contributed by atoms with van der Waals surface area (Å²) in [7, 11) is 0. The van der Waals surface area contributed by atoms with E-state index in [4.69, 9.17) is 0 Å². The summed E-state index contributed by atoms with van der Waals surface area (Å²) < 4.78 is 0.876. The first-order valence-corrected chi connectivity index (χ1v) is 4.64. The third-order valence-electron chi connectivity index (χ3n) is 1.16. The van der Waals surface area contributed by atoms with Gasteiger partial charge in [0.15, 0.2) is 0 Å². The highest BCUT2D eigenvalue weighted by atomic mass is 79.9. The summed E-state index contributed by atoms with van der Waals surface area (Å²) in [6, 6.07) is 1.85. The molecule has 0 radical (unpaired) electrons. The number of alkyl halides is 1. The van der Waals surface area contributed by atoms with E-state index in [1.54, 1.807) is 12.4 Å². The minimum atomic E-state index is -0.257. The van der Waals surface area contributed by atoms with Crippen molar-refractivity contribution in [3.63, 3.8) is 0 Å². The fourth-order valence-electron chi connectivity index (χ4n) is 0.658. The number of aldehydes is 1. The summed E-state index contributed by atoms with van der Waals surface area (Å²) in [5, 5.41) is 0. The van der Waals surface area contributed by atoms with E-state index in [9.17, 15) is 4.79 Å². The summed E-state index contributed by atoms with van der Waals surface area (Å²) in [6.45, 7) is 0. The molecule has 2 nitrogen and oxygen atoms in total. The monoisotopic (exact) mass is 277 g/mol. The van der Waals surface area contributed by atoms with Gasteiger partial charge in [0.1, 0.15) is 6.29 Å². The van der Waals surface area contributed by atoms with Crippen LogP contribution in [0.25, 0.3) is 0 Å². The molecule has 1 heterocycles. The topological polar surface area (TPSA) is 30.0 Å². The lowest BCUT2D eigenvalue weighted by Gasteiger charge is -2.00. The summed E-state index contributed by atoms with van der Waals surface area (Å²) in [4.78, 5) is 14.0. The maximum atomic E-state index is 10.3. The maximum absolute atomic E-state index is 10.3. The van der Waals surface area contributed by atoms with Crippen LogP contribution in [0.2, 0.25) is 0 Å². The molecule has 4 heteroatoms. The number of halogens is 2. The molecule has 0 saturated heterocycles. The number of rotatable bonds is 2. The van der Waals surface area contributed by atoms with E-state index in [0.717, 1.165) is 16.3 Å². The van der Waals surface area contributed by atoms with Crippen LogP contribution in [0.15, 0.2) is 22.9 Å². The lowest BCUT2D eigenvalue weighted by Crippen LogP contribution is -1.90. The Bertz CT molecular complexity index is 264. The van der Waals surface area contributed by atoms with Crippen molar-refractivity contribution >= 4 is 38.1 Å². The van der Waals surface area contributed by atoms with Crippen LogP contribution in [0.4, 0.5) is 0 Å². The number of hydrogen-bond donors (Lipinski definition) is 0. The molecular weight excluding hydrogens is 274 g/mol. The molecular formula is C7H5Br2NO. The van der Waals surface area contributed by atoms with Crippen molar-refractivity contribution in [1.29, 1.82) is 0 Å². The van der Waals surface area contributed by atoms with Crippen molar-refractivity contribution in [2.45, 2.75) is 4.83 Å². The fraction of sp³-hybridized carbons (Fsp3) is 0.143. The SMILES string of the molecule is O=CC(Br)c1cncc(Br)c1. The molecule has 1 atom stereocenters. The van der Waals surface area contributed by atoms with E-state index in [0.29, 0.717) is 0 Å². The molecule has 0 aliphatic carbocycles. The Hall–Kier alpha value is -0.220. The van der Waals surface area contributed by atoms with Crippen molar-refractivity contribution in [2.75, 3.05) is 0 Å². The van der Waals surface area contributed by atoms with Gasteiger partial charge in [0.05, 0.1) is 4.83 Å². The van der Waals surface area contributed by atoms with E-state index in [1.807, 2.05) is 6.07 Å². The molecule has 11 heavy (non-hydrogen) atoms. The predicted molar refractivity (Wildman–Crippen MR) is 49.7 cm³/mol. The molecule has 0 aromatic carbocycles. The Morgan fingerprint density at radius 2 is 2.27 bits per heavy atom. The molecule has 1 aromatic heterocycles. The van der Waals surface area contributed by atoms with E-state index >= 15 is 0 Å². The molecule has 58 valence electrons. The van der Waals surface area contributed by atoms with Gasteiger partial charge in [0.25, 0.3) is 0 Å². The van der Waals surface area contributed by atoms with Crippen LogP contribution in [-0.4, -0.2) is 11.3 Å². The molecule has 0 bridgehead atoms. The third-order valence-corrected chi connectivity index (χ3v) is 2.34. The second-order valence-electron chi connectivity index (χ2n) is 1.97. The summed E-state index contributed by atoms with van der Waals surface area (Å²) in [5.41, 5.74) is 0.856. The van der Waals surface area contributed by atoms with Gasteiger partial charge in [-0.05, 0) is 27.6 Å². The van der Waals surface area contributed by atoms with Crippen LogP contribution in [0.5, 0.6) is 0 Å². The van der Waals surface area contributed by atoms with Crippen molar-refractivity contribution < 1.29 is 4.79 Å². The van der Waals surface area contributed by atoms with E-state index in [-0.39, 0.29) is 4.83 Å². The Balaban J connectivity index is 2.95. The average Bonchev–Trinajstić information content (AvgIpc) is 2.03. The van der Waals surface area contributed by atoms with Gasteiger partial charge in [0.2, 0.25) is 0 Å². The highest BCUT2D eigenvalue weighted by Gasteiger charge is 2.04. The second kappa shape index (κ2) is 3.97. The normalized spacial score (nSPS) is 12.5. The standard InChI is InChI=1S/C7H5Br2NO/c8-6-1-5(2-10-3-6)7(9)4-11/h1-4,7H. The van der Waals surface area contributed by atoms with Crippen molar-refractivity contribution in [2.24, 2.45) is 0 Å². The van der Waals surface area contributed by atoms with Crippen LogP contribution < -0.4 is 0 Å². The average molecular weight is 279 g/mol. The van der Waals surface area contributed by atoms with Crippen LogP contribution in [0.1, 0.15) is 10.4 Å². The zero-order valence-corrected chi connectivity index (χ0v) is 8.67. The first-order valence-electron chi connectivity index (χ1n) is 2.94. The number of carbonyl (C=O) groups excluding carboxylic acids is 1. The molecule has 1 unspecified atom stereocenters. The number of hydrogen-bond acceptors (Lipinski definition) is 2. The van der Waals surface area contributed by atoms with E-state index in [2.05, 4.69) is 36.8 Å². The number of aromatic nitrogens is 1. The van der Waals surface area contributed by atoms with Gasteiger partial charge in [-0.25, -0.2) is 0 Å². The van der Waals surface area contributed by atoms with Crippen molar-refractivity contribution in [3.05, 3.63) is 28.5 Å². The first-order chi connectivity index (χ1) is 5.24. The molecule has 0 saturated carbocycles. The highest BCUT2D eigenvalue weighted by Crippen LogP contribution is 2.21. The zero-order chi connectivity index (χ0) is 8.27. The van der Waals surface area contributed by atoms with Crippen LogP contribution in [0, 0.1) is 0 Å². The summed E-state index contributed by atoms with van der Waals surface area (Å²) in [6.07, 6.45) is 4.15. The number of pyridine rings is 1. The minimum Gasteiger partial charge on any atom is -0.302 e. The predicted octanol–water partition coefficient (Wildman–Crippen LogP) is 2.48. The maximum Gasteiger partial charge on any atom is 0.138 e. The van der Waals surface area contributed by atoms with Gasteiger partial charge in [-0.2, -0.15) is 0 Å². The van der Waals surface area contributed by atoms with E-state index < -0.39 is 0 Å². The highest BCUT2D eigenvalue weighted by molar-refractivity contribution is 9.10. The van der Waals surface area contributed by atoms with Gasteiger partial charge in [-0.1, -0.05) is 15.9 Å². The zero-order valence-electron chi connectivity index (χ0n) is 5.50. The smallest absolute Gasteiger partial charge is 0.138 e. The third kappa shape index (κ3) is 2.38. The minimum absolute atomic E-state index is 0.257. The molecule has 0 N–H and O–H groups in total. The van der Waals surface area contributed by atoms with E-state index in [1.165, 1.54) is 0 Å². The van der Waals surface area contributed by atoms with Crippen LogP contribution >= 0.6 is 31.9 Å². The fourth-order valence-corrected chi connectivity index (χ4v) is 1.29. The van der Waals surface area contributed by atoms with Crippen LogP contribution in [0.3, 0.4) is 0 Å². The van der Waals surface area contributed by atoms with Gasteiger partial charge in [-0.3, -0.25) is 4.98 Å². The first kappa shape index (κ1) is 8.87. The largest absolute Gasteiger partial charge is 0.302 e. The molecule has 0 aliphatic heterocycles. The molecule has 0 fully saturated rings. The molecule has 0 amide bonds.